The lowest BCUT2D eigenvalue weighted by atomic mass is 10.1. The molecule has 0 fully saturated rings. The Kier molecular flexibility index (Phi) is 8.78. The van der Waals surface area contributed by atoms with Crippen LogP contribution in [0, 0.1) is 20.8 Å². The van der Waals surface area contributed by atoms with Crippen molar-refractivity contribution < 1.29 is 31.1 Å². The summed E-state index contributed by atoms with van der Waals surface area (Å²) in [7, 11) is -5.05. The van der Waals surface area contributed by atoms with E-state index in [1.807, 2.05) is 19.9 Å². The molecule has 0 aliphatic rings. The fourth-order valence-corrected chi connectivity index (χ4v) is 6.44. The molecular weight excluding hydrogens is 578 g/mol. The van der Waals surface area contributed by atoms with Crippen molar-refractivity contribution in [3.63, 3.8) is 0 Å². The molecule has 3 N–H and O–H groups in total. The first-order valence-corrected chi connectivity index (χ1v) is 15.7. The number of carbonyl (C=O) groups is 1. The molecule has 4 aromatic rings. The minimum Gasteiger partial charge on any atom is -0.497 e. The van der Waals surface area contributed by atoms with Gasteiger partial charge in [-0.25, -0.2) is 16.8 Å². The van der Waals surface area contributed by atoms with Crippen molar-refractivity contribution in [2.45, 2.75) is 30.6 Å². The van der Waals surface area contributed by atoms with E-state index in [4.69, 9.17) is 9.47 Å². The number of methoxy groups -OCH3 is 2. The highest BCUT2D eigenvalue weighted by Crippen LogP contribution is 2.31. The topological polar surface area (TPSA) is 140 Å². The minimum absolute atomic E-state index is 0.0325. The van der Waals surface area contributed by atoms with Gasteiger partial charge in [0, 0.05) is 23.0 Å². The predicted octanol–water partition coefficient (Wildman–Crippen LogP) is 5.48. The molecular formula is C30H31N3O7S2. The fraction of sp³-hybridized carbons (Fsp3) is 0.167. The molecule has 4 rings (SSSR count). The van der Waals surface area contributed by atoms with Crippen LogP contribution >= 0.6 is 0 Å². The molecule has 1 amide bonds. The number of amides is 1. The van der Waals surface area contributed by atoms with E-state index < -0.39 is 26.0 Å². The first-order valence-electron chi connectivity index (χ1n) is 12.7. The lowest BCUT2D eigenvalue weighted by molar-refractivity contribution is 0.102. The van der Waals surface area contributed by atoms with Crippen LogP contribution < -0.4 is 24.2 Å². The van der Waals surface area contributed by atoms with E-state index in [2.05, 4.69) is 14.8 Å². The van der Waals surface area contributed by atoms with Crippen LogP contribution in [-0.4, -0.2) is 37.0 Å². The number of ether oxygens (including phenoxy) is 2. The second-order valence-electron chi connectivity index (χ2n) is 9.54. The average molecular weight is 610 g/mol. The number of benzene rings is 4. The summed E-state index contributed by atoms with van der Waals surface area (Å²) < 4.78 is 67.7. The van der Waals surface area contributed by atoms with E-state index in [1.165, 1.54) is 56.7 Å². The van der Waals surface area contributed by atoms with E-state index in [1.54, 1.807) is 37.3 Å². The van der Waals surface area contributed by atoms with Crippen molar-refractivity contribution in [2.24, 2.45) is 0 Å². The van der Waals surface area contributed by atoms with Crippen LogP contribution in [0.5, 0.6) is 11.5 Å². The summed E-state index contributed by atoms with van der Waals surface area (Å²) in [6.45, 7) is 5.47. The smallest absolute Gasteiger partial charge is 0.262 e. The summed E-state index contributed by atoms with van der Waals surface area (Å²) in [6, 6.07) is 19.9. The van der Waals surface area contributed by atoms with Crippen LogP contribution in [0.25, 0.3) is 0 Å². The molecule has 0 aliphatic heterocycles. The highest BCUT2D eigenvalue weighted by Gasteiger charge is 2.21. The third-order valence-electron chi connectivity index (χ3n) is 6.57. The molecule has 0 saturated heterocycles. The molecule has 12 heteroatoms. The molecule has 42 heavy (non-hydrogen) atoms. The van der Waals surface area contributed by atoms with Gasteiger partial charge in [0.05, 0.1) is 29.7 Å². The minimum atomic E-state index is -3.98. The second-order valence-corrected chi connectivity index (χ2v) is 12.9. The van der Waals surface area contributed by atoms with Gasteiger partial charge in [0.15, 0.2) is 0 Å². The number of aryl methyl sites for hydroxylation is 3. The number of carbonyl (C=O) groups excluding carboxylic acids is 1. The van der Waals surface area contributed by atoms with Gasteiger partial charge in [0.1, 0.15) is 11.5 Å². The monoisotopic (exact) mass is 609 g/mol. The van der Waals surface area contributed by atoms with Crippen LogP contribution in [0.3, 0.4) is 0 Å². The van der Waals surface area contributed by atoms with Crippen LogP contribution in [0.2, 0.25) is 0 Å². The highest BCUT2D eigenvalue weighted by molar-refractivity contribution is 7.93. The maximum atomic E-state index is 13.2. The number of rotatable bonds is 10. The maximum Gasteiger partial charge on any atom is 0.262 e. The molecule has 0 aliphatic carbocycles. The zero-order chi connectivity index (χ0) is 30.7. The van der Waals surface area contributed by atoms with Gasteiger partial charge in [-0.05, 0) is 98.1 Å². The van der Waals surface area contributed by atoms with Crippen LogP contribution in [0.15, 0.2) is 88.7 Å². The summed E-state index contributed by atoms with van der Waals surface area (Å²) in [6.07, 6.45) is 0. The third-order valence-corrected chi connectivity index (χ3v) is 9.48. The van der Waals surface area contributed by atoms with Crippen molar-refractivity contribution in [1.82, 2.24) is 0 Å². The van der Waals surface area contributed by atoms with Gasteiger partial charge in [0.2, 0.25) is 0 Å². The van der Waals surface area contributed by atoms with Crippen molar-refractivity contribution in [2.75, 3.05) is 29.0 Å². The van der Waals surface area contributed by atoms with Gasteiger partial charge in [0.25, 0.3) is 26.0 Å². The van der Waals surface area contributed by atoms with E-state index in [9.17, 15) is 21.6 Å². The molecule has 0 saturated carbocycles. The molecule has 0 spiro atoms. The van der Waals surface area contributed by atoms with Crippen LogP contribution in [0.4, 0.5) is 17.1 Å². The normalized spacial score (nSPS) is 11.5. The van der Waals surface area contributed by atoms with Gasteiger partial charge < -0.3 is 14.8 Å². The van der Waals surface area contributed by atoms with Crippen molar-refractivity contribution in [3.05, 3.63) is 101 Å². The number of sulfonamides is 2. The fourth-order valence-electron chi connectivity index (χ4n) is 4.05. The average Bonchev–Trinajstić information content (AvgIpc) is 2.95. The summed E-state index contributed by atoms with van der Waals surface area (Å²) in [4.78, 5) is 12.9. The number of hydrogen-bond donors (Lipinski definition) is 3. The molecule has 220 valence electrons. The van der Waals surface area contributed by atoms with Gasteiger partial charge >= 0.3 is 0 Å². The largest absolute Gasteiger partial charge is 0.497 e. The SMILES string of the molecule is COc1ccc(NS(=O)(=O)c2ccc(NC(=O)c3ccc(C)c(S(=O)(=O)Nc4ccc(C)c(C)c4)c3)cc2)c(OC)c1. The van der Waals surface area contributed by atoms with Crippen molar-refractivity contribution >= 4 is 43.0 Å². The lowest BCUT2D eigenvalue weighted by Gasteiger charge is -2.14. The third kappa shape index (κ3) is 6.84. The zero-order valence-corrected chi connectivity index (χ0v) is 25.3. The molecule has 0 radical (unpaired) electrons. The highest BCUT2D eigenvalue weighted by atomic mass is 32.2. The maximum absolute atomic E-state index is 13.2. The molecule has 0 heterocycles. The first-order chi connectivity index (χ1) is 19.8. The standard InChI is InChI=1S/C30H31N3O7S2/c1-19-7-9-24(16-21(19)3)32-42(37,38)29-17-22(8-6-20(29)2)30(34)31-23-10-13-26(14-11-23)41(35,36)33-27-15-12-25(39-4)18-28(27)40-5/h6-18,32-33H,1-5H3,(H,31,34). The van der Waals surface area contributed by atoms with Gasteiger partial charge in [-0.2, -0.15) is 0 Å². The Hall–Kier alpha value is -4.55. The molecule has 4 aromatic carbocycles. The van der Waals surface area contributed by atoms with Gasteiger partial charge in [-0.3, -0.25) is 14.2 Å². The first kappa shape index (κ1) is 30.4. The van der Waals surface area contributed by atoms with E-state index in [-0.39, 0.29) is 26.8 Å². The van der Waals surface area contributed by atoms with E-state index in [0.29, 0.717) is 22.7 Å². The number of hydrogen-bond acceptors (Lipinski definition) is 7. The Morgan fingerprint density at radius 1 is 0.643 bits per heavy atom. The Labute approximate surface area is 245 Å². The van der Waals surface area contributed by atoms with Crippen molar-refractivity contribution in [1.29, 1.82) is 0 Å². The summed E-state index contributed by atoms with van der Waals surface area (Å²) in [5, 5.41) is 2.68. The summed E-state index contributed by atoms with van der Waals surface area (Å²) >= 11 is 0. The van der Waals surface area contributed by atoms with Crippen molar-refractivity contribution in [3.8, 4) is 11.5 Å². The van der Waals surface area contributed by atoms with Crippen LogP contribution in [0.1, 0.15) is 27.0 Å². The molecule has 0 unspecified atom stereocenters. The second kappa shape index (κ2) is 12.1. The van der Waals surface area contributed by atoms with Gasteiger partial charge in [-0.1, -0.05) is 12.1 Å². The van der Waals surface area contributed by atoms with E-state index >= 15 is 0 Å². The zero-order valence-electron chi connectivity index (χ0n) is 23.7. The quantitative estimate of drug-likeness (QED) is 0.216. The van der Waals surface area contributed by atoms with E-state index in [0.717, 1.165) is 11.1 Å². The Balaban J connectivity index is 1.50. The summed E-state index contributed by atoms with van der Waals surface area (Å²) in [5.41, 5.74) is 3.53. The molecule has 0 aromatic heterocycles. The Bertz CT molecular complexity index is 1850. The van der Waals surface area contributed by atoms with Crippen LogP contribution in [-0.2, 0) is 20.0 Å². The molecule has 10 nitrogen and oxygen atoms in total. The Morgan fingerprint density at radius 2 is 1.31 bits per heavy atom. The number of nitrogens with one attached hydrogen (secondary N) is 3. The Morgan fingerprint density at radius 3 is 1.95 bits per heavy atom. The molecule has 0 atom stereocenters. The lowest BCUT2D eigenvalue weighted by Crippen LogP contribution is -2.17. The predicted molar refractivity (Wildman–Crippen MR) is 163 cm³/mol. The molecule has 0 bridgehead atoms. The number of anilines is 3. The van der Waals surface area contributed by atoms with Gasteiger partial charge in [-0.15, -0.1) is 0 Å². The summed E-state index contributed by atoms with van der Waals surface area (Å²) in [5.74, 6) is 0.227.